The third-order valence-corrected chi connectivity index (χ3v) is 4.51. The van der Waals surface area contributed by atoms with Crippen LogP contribution in [0, 0.1) is 10.1 Å². The minimum atomic E-state index is -0.520. The number of nitrogens with one attached hydrogen (secondary N) is 1. The quantitative estimate of drug-likeness (QED) is 0.415. The summed E-state index contributed by atoms with van der Waals surface area (Å²) in [5, 5.41) is 18.1. The van der Waals surface area contributed by atoms with E-state index in [1.165, 1.54) is 18.2 Å². The molecule has 0 radical (unpaired) electrons. The number of carbonyl (C=O) groups is 1. The van der Waals surface area contributed by atoms with Crippen LogP contribution in [0.5, 0.6) is 5.75 Å². The monoisotopic (exact) mass is 448 g/mol. The van der Waals surface area contributed by atoms with E-state index in [4.69, 9.17) is 9.15 Å². The average Bonchev–Trinajstić information content (AvgIpc) is 3.31. The van der Waals surface area contributed by atoms with Crippen molar-refractivity contribution in [3.8, 4) is 5.75 Å². The zero-order chi connectivity index (χ0) is 20.1. The molecule has 28 heavy (non-hydrogen) atoms. The van der Waals surface area contributed by atoms with Crippen LogP contribution in [0.15, 0.2) is 51.5 Å². The second kappa shape index (κ2) is 8.70. The topological polar surface area (TPSA) is 112 Å². The van der Waals surface area contributed by atoms with Crippen LogP contribution < -0.4 is 10.1 Å². The highest BCUT2D eigenvalue weighted by Crippen LogP contribution is 2.26. The van der Waals surface area contributed by atoms with Crippen molar-refractivity contribution < 1.29 is 18.9 Å². The highest BCUT2D eigenvalue weighted by Gasteiger charge is 2.16. The lowest BCUT2D eigenvalue weighted by molar-refractivity contribution is -0.386. The molecule has 0 unspecified atom stereocenters. The molecule has 1 amide bonds. The number of benzene rings is 1. The lowest BCUT2D eigenvalue weighted by Crippen LogP contribution is -2.22. The Labute approximate surface area is 168 Å². The Bertz CT molecular complexity index is 998. The molecule has 0 aliphatic rings. The van der Waals surface area contributed by atoms with E-state index < -0.39 is 10.8 Å². The zero-order valence-electron chi connectivity index (χ0n) is 14.9. The van der Waals surface area contributed by atoms with Crippen molar-refractivity contribution in [1.29, 1.82) is 0 Å². The average molecular weight is 449 g/mol. The van der Waals surface area contributed by atoms with Gasteiger partial charge in [-0.15, -0.1) is 0 Å². The van der Waals surface area contributed by atoms with Gasteiger partial charge in [0.2, 0.25) is 0 Å². The van der Waals surface area contributed by atoms with Crippen LogP contribution in [0.1, 0.15) is 28.9 Å². The molecule has 0 fully saturated rings. The maximum absolute atomic E-state index is 12.3. The van der Waals surface area contributed by atoms with Gasteiger partial charge in [0.25, 0.3) is 5.91 Å². The molecule has 10 heteroatoms. The molecule has 146 valence electrons. The Morgan fingerprint density at radius 3 is 2.86 bits per heavy atom. The van der Waals surface area contributed by atoms with Crippen LogP contribution in [0.25, 0.3) is 0 Å². The molecular weight excluding hydrogens is 432 g/mol. The Balaban J connectivity index is 1.58. The third kappa shape index (κ3) is 4.58. The maximum atomic E-state index is 12.3. The number of para-hydroxylation sites is 2. The summed E-state index contributed by atoms with van der Waals surface area (Å²) >= 11 is 3.40. The molecular formula is C18H17BrN4O5. The maximum Gasteiger partial charge on any atom is 0.310 e. The van der Waals surface area contributed by atoms with E-state index >= 15 is 0 Å². The van der Waals surface area contributed by atoms with Crippen molar-refractivity contribution in [2.45, 2.75) is 26.6 Å². The summed E-state index contributed by atoms with van der Waals surface area (Å²) in [7, 11) is 0. The van der Waals surface area contributed by atoms with Gasteiger partial charge in [0, 0.05) is 18.8 Å². The number of hydrogen-bond acceptors (Lipinski definition) is 6. The summed E-state index contributed by atoms with van der Waals surface area (Å²) in [6.45, 7) is 2.91. The lowest BCUT2D eigenvalue weighted by Gasteiger charge is -2.04. The number of amides is 1. The van der Waals surface area contributed by atoms with Crippen LogP contribution in [-0.4, -0.2) is 20.6 Å². The fraction of sp³-hybridized carbons (Fsp3) is 0.222. The summed E-state index contributed by atoms with van der Waals surface area (Å²) in [5.41, 5.74) is 0.575. The molecule has 3 rings (SSSR count). The fourth-order valence-electron chi connectivity index (χ4n) is 2.43. The standard InChI is InChI=1S/C18H17BrN4O5/c1-2-22-10-13(19)14(21-22)9-20-18(24)17-8-7-12(28-17)11-27-16-6-4-3-5-15(16)23(25)26/h3-8,10H,2,9,11H2,1H3,(H,20,24). The van der Waals surface area contributed by atoms with Crippen LogP contribution in [0.3, 0.4) is 0 Å². The number of furan rings is 1. The number of aromatic nitrogens is 2. The number of nitro groups is 1. The van der Waals surface area contributed by atoms with E-state index in [-0.39, 0.29) is 30.3 Å². The molecule has 2 heterocycles. The second-order valence-electron chi connectivity index (χ2n) is 5.74. The van der Waals surface area contributed by atoms with E-state index in [2.05, 4.69) is 26.3 Å². The smallest absolute Gasteiger partial charge is 0.310 e. The molecule has 1 N–H and O–H groups in total. The van der Waals surface area contributed by atoms with Crippen molar-refractivity contribution in [3.63, 3.8) is 0 Å². The zero-order valence-corrected chi connectivity index (χ0v) is 16.5. The van der Waals surface area contributed by atoms with Gasteiger partial charge < -0.3 is 14.5 Å². The van der Waals surface area contributed by atoms with Gasteiger partial charge >= 0.3 is 5.69 Å². The molecule has 0 atom stereocenters. The number of ether oxygens (including phenoxy) is 1. The first kappa shape index (κ1) is 19.6. The highest BCUT2D eigenvalue weighted by atomic mass is 79.9. The molecule has 0 spiro atoms. The Morgan fingerprint density at radius 2 is 2.14 bits per heavy atom. The first-order valence-corrected chi connectivity index (χ1v) is 9.22. The van der Waals surface area contributed by atoms with Gasteiger partial charge in [0.1, 0.15) is 12.4 Å². The molecule has 9 nitrogen and oxygen atoms in total. The van der Waals surface area contributed by atoms with Gasteiger partial charge in [0.15, 0.2) is 11.5 Å². The van der Waals surface area contributed by atoms with Gasteiger partial charge in [-0.3, -0.25) is 19.6 Å². The number of hydrogen-bond donors (Lipinski definition) is 1. The molecule has 2 aromatic heterocycles. The molecule has 0 saturated heterocycles. The summed E-state index contributed by atoms with van der Waals surface area (Å²) < 4.78 is 13.5. The van der Waals surface area contributed by atoms with Gasteiger partial charge in [-0.05, 0) is 41.1 Å². The predicted molar refractivity (Wildman–Crippen MR) is 103 cm³/mol. The Morgan fingerprint density at radius 1 is 1.36 bits per heavy atom. The fourth-order valence-corrected chi connectivity index (χ4v) is 2.88. The van der Waals surface area contributed by atoms with E-state index in [1.54, 1.807) is 22.9 Å². The van der Waals surface area contributed by atoms with Gasteiger partial charge in [-0.1, -0.05) is 12.1 Å². The van der Waals surface area contributed by atoms with Gasteiger partial charge in [0.05, 0.1) is 21.6 Å². The van der Waals surface area contributed by atoms with E-state index in [9.17, 15) is 14.9 Å². The van der Waals surface area contributed by atoms with Crippen molar-refractivity contribution in [3.05, 3.63) is 74.4 Å². The Kier molecular flexibility index (Phi) is 6.09. The Hall–Kier alpha value is -3.14. The van der Waals surface area contributed by atoms with E-state index in [0.717, 1.165) is 11.0 Å². The molecule has 0 aliphatic heterocycles. The van der Waals surface area contributed by atoms with Crippen LogP contribution >= 0.6 is 15.9 Å². The van der Waals surface area contributed by atoms with E-state index in [1.807, 2.05) is 13.1 Å². The second-order valence-corrected chi connectivity index (χ2v) is 6.60. The third-order valence-electron chi connectivity index (χ3n) is 3.84. The van der Waals surface area contributed by atoms with Crippen molar-refractivity contribution >= 4 is 27.5 Å². The van der Waals surface area contributed by atoms with Crippen molar-refractivity contribution in [2.24, 2.45) is 0 Å². The largest absolute Gasteiger partial charge is 0.479 e. The van der Waals surface area contributed by atoms with Crippen LogP contribution in [0.2, 0.25) is 0 Å². The summed E-state index contributed by atoms with van der Waals surface area (Å²) in [6.07, 6.45) is 1.84. The molecule has 1 aromatic carbocycles. The number of nitro benzene ring substituents is 1. The van der Waals surface area contributed by atoms with Gasteiger partial charge in [-0.25, -0.2) is 0 Å². The normalized spacial score (nSPS) is 10.6. The summed E-state index contributed by atoms with van der Waals surface area (Å²) in [5.74, 6) is 0.230. The first-order chi connectivity index (χ1) is 13.5. The number of rotatable bonds is 8. The number of nitrogens with zero attached hydrogens (tertiary/aromatic N) is 3. The summed E-state index contributed by atoms with van der Waals surface area (Å²) in [6, 6.07) is 9.17. The van der Waals surface area contributed by atoms with Crippen LogP contribution in [0.4, 0.5) is 5.69 Å². The molecule has 3 aromatic rings. The summed E-state index contributed by atoms with van der Waals surface area (Å²) in [4.78, 5) is 22.7. The van der Waals surface area contributed by atoms with Crippen molar-refractivity contribution in [2.75, 3.05) is 0 Å². The number of carbonyl (C=O) groups excluding carboxylic acids is 1. The minimum Gasteiger partial charge on any atom is -0.479 e. The lowest BCUT2D eigenvalue weighted by atomic mass is 10.3. The molecule has 0 aliphatic carbocycles. The van der Waals surface area contributed by atoms with Gasteiger partial charge in [-0.2, -0.15) is 5.10 Å². The minimum absolute atomic E-state index is 0.0371. The molecule has 0 saturated carbocycles. The number of aryl methyl sites for hydroxylation is 1. The predicted octanol–water partition coefficient (Wildman–Crippen LogP) is 3.68. The van der Waals surface area contributed by atoms with Crippen LogP contribution in [-0.2, 0) is 19.7 Å². The van der Waals surface area contributed by atoms with Crippen molar-refractivity contribution in [1.82, 2.24) is 15.1 Å². The molecule has 0 bridgehead atoms. The highest BCUT2D eigenvalue weighted by molar-refractivity contribution is 9.10. The number of halogens is 1. The van der Waals surface area contributed by atoms with E-state index in [0.29, 0.717) is 11.5 Å². The first-order valence-electron chi connectivity index (χ1n) is 8.43. The SMILES string of the molecule is CCn1cc(Br)c(CNC(=O)c2ccc(COc3ccccc3[N+](=O)[O-])o2)n1.